The summed E-state index contributed by atoms with van der Waals surface area (Å²) >= 11 is 0. The van der Waals surface area contributed by atoms with Crippen molar-refractivity contribution in [2.24, 2.45) is 5.92 Å². The molecule has 1 amide bonds. The molecule has 0 bridgehead atoms. The van der Waals surface area contributed by atoms with Gasteiger partial charge in [-0.2, -0.15) is 0 Å². The molecule has 0 aliphatic carbocycles. The van der Waals surface area contributed by atoms with Crippen molar-refractivity contribution in [3.63, 3.8) is 0 Å². The van der Waals surface area contributed by atoms with E-state index in [1.165, 1.54) is 6.07 Å². The van der Waals surface area contributed by atoms with Gasteiger partial charge in [-0.3, -0.25) is 4.79 Å². The van der Waals surface area contributed by atoms with E-state index in [1.54, 1.807) is 17.4 Å². The number of benzene rings is 1. The Morgan fingerprint density at radius 3 is 2.95 bits per heavy atom. The smallest absolute Gasteiger partial charge is 0.256 e. The summed E-state index contributed by atoms with van der Waals surface area (Å²) in [5.41, 5.74) is -0.0651. The van der Waals surface area contributed by atoms with Crippen LogP contribution in [0.15, 0.2) is 36.9 Å². The van der Waals surface area contributed by atoms with Crippen molar-refractivity contribution >= 4 is 5.91 Å². The quantitative estimate of drug-likeness (QED) is 0.874. The van der Waals surface area contributed by atoms with Crippen LogP contribution in [0.3, 0.4) is 0 Å². The molecule has 1 atom stereocenters. The van der Waals surface area contributed by atoms with Crippen molar-refractivity contribution in [1.29, 1.82) is 0 Å². The van der Waals surface area contributed by atoms with Crippen LogP contribution in [0.2, 0.25) is 0 Å². The molecule has 1 aliphatic rings. The summed E-state index contributed by atoms with van der Waals surface area (Å²) in [5.74, 6) is -1.53. The van der Waals surface area contributed by atoms with E-state index < -0.39 is 11.6 Å². The molecule has 4 nitrogen and oxygen atoms in total. The van der Waals surface area contributed by atoms with Crippen LogP contribution in [-0.4, -0.2) is 33.4 Å². The zero-order valence-electron chi connectivity index (χ0n) is 12.1. The highest BCUT2D eigenvalue weighted by Gasteiger charge is 2.26. The second kappa shape index (κ2) is 6.25. The molecule has 1 aromatic carbocycles. The van der Waals surface area contributed by atoms with E-state index in [1.807, 2.05) is 10.8 Å². The summed E-state index contributed by atoms with van der Waals surface area (Å²) in [6.07, 6.45) is 7.27. The summed E-state index contributed by atoms with van der Waals surface area (Å²) < 4.78 is 28.7. The predicted molar refractivity (Wildman–Crippen MR) is 77.2 cm³/mol. The number of amides is 1. The largest absolute Gasteiger partial charge is 0.338 e. The molecule has 116 valence electrons. The fourth-order valence-corrected chi connectivity index (χ4v) is 2.92. The van der Waals surface area contributed by atoms with Crippen LogP contribution in [0.25, 0.3) is 0 Å². The van der Waals surface area contributed by atoms with Crippen LogP contribution in [0, 0.1) is 17.6 Å². The van der Waals surface area contributed by atoms with Crippen molar-refractivity contribution in [2.45, 2.75) is 19.4 Å². The second-order valence-electron chi connectivity index (χ2n) is 5.64. The van der Waals surface area contributed by atoms with Gasteiger partial charge in [-0.05, 0) is 30.9 Å². The maximum atomic E-state index is 13.8. The standard InChI is InChI=1S/C16H17F2N3O/c17-13-3-4-14(15(18)8-13)16(22)21-6-1-2-12(10-21)9-20-7-5-19-11-20/h3-5,7-8,11-12H,1-2,6,9-10H2/t12-/m0/s1. The topological polar surface area (TPSA) is 38.1 Å². The first kappa shape index (κ1) is 14.7. The first-order chi connectivity index (χ1) is 10.6. The zero-order chi connectivity index (χ0) is 15.5. The minimum atomic E-state index is -0.804. The van der Waals surface area contributed by atoms with Crippen LogP contribution < -0.4 is 0 Å². The second-order valence-corrected chi connectivity index (χ2v) is 5.64. The summed E-state index contributed by atoms with van der Waals surface area (Å²) in [6.45, 7) is 1.97. The normalized spacial score (nSPS) is 18.5. The lowest BCUT2D eigenvalue weighted by Crippen LogP contribution is -2.41. The Kier molecular flexibility index (Phi) is 4.18. The van der Waals surface area contributed by atoms with Crippen LogP contribution in [0.1, 0.15) is 23.2 Å². The number of carbonyl (C=O) groups is 1. The number of halogens is 2. The maximum absolute atomic E-state index is 13.8. The predicted octanol–water partition coefficient (Wildman–Crippen LogP) is 2.71. The van der Waals surface area contributed by atoms with Gasteiger partial charge < -0.3 is 9.47 Å². The summed E-state index contributed by atoms with van der Waals surface area (Å²) in [7, 11) is 0. The lowest BCUT2D eigenvalue weighted by Gasteiger charge is -2.33. The molecule has 2 aromatic rings. The lowest BCUT2D eigenvalue weighted by molar-refractivity contribution is 0.0657. The van der Waals surface area contributed by atoms with Crippen molar-refractivity contribution in [3.8, 4) is 0 Å². The Labute approximate surface area is 127 Å². The molecule has 0 unspecified atom stereocenters. The van der Waals surface area contributed by atoms with Gasteiger partial charge in [-0.1, -0.05) is 0 Å². The molecule has 0 spiro atoms. The van der Waals surface area contributed by atoms with E-state index in [2.05, 4.69) is 4.98 Å². The Bertz CT molecular complexity index is 657. The molecule has 1 fully saturated rings. The lowest BCUT2D eigenvalue weighted by atomic mass is 9.97. The number of imidazole rings is 1. The summed E-state index contributed by atoms with van der Waals surface area (Å²) in [5, 5.41) is 0. The molecule has 22 heavy (non-hydrogen) atoms. The number of aromatic nitrogens is 2. The Morgan fingerprint density at radius 1 is 1.36 bits per heavy atom. The zero-order valence-corrected chi connectivity index (χ0v) is 12.1. The highest BCUT2D eigenvalue weighted by molar-refractivity contribution is 5.94. The first-order valence-corrected chi connectivity index (χ1v) is 7.33. The third-order valence-corrected chi connectivity index (χ3v) is 4.00. The monoisotopic (exact) mass is 305 g/mol. The number of hydrogen-bond acceptors (Lipinski definition) is 2. The number of hydrogen-bond donors (Lipinski definition) is 0. The van der Waals surface area contributed by atoms with Gasteiger partial charge in [0.1, 0.15) is 11.6 Å². The van der Waals surface area contributed by atoms with Gasteiger partial charge in [0.25, 0.3) is 5.91 Å². The third-order valence-electron chi connectivity index (χ3n) is 4.00. The molecule has 2 heterocycles. The van der Waals surface area contributed by atoms with Gasteiger partial charge in [-0.15, -0.1) is 0 Å². The fraction of sp³-hybridized carbons (Fsp3) is 0.375. The number of rotatable bonds is 3. The molecule has 0 radical (unpaired) electrons. The van der Waals surface area contributed by atoms with Crippen LogP contribution in [-0.2, 0) is 6.54 Å². The minimum Gasteiger partial charge on any atom is -0.338 e. The minimum absolute atomic E-state index is 0.0651. The molecule has 6 heteroatoms. The van der Waals surface area contributed by atoms with Crippen molar-refractivity contribution in [3.05, 3.63) is 54.1 Å². The average molecular weight is 305 g/mol. The van der Waals surface area contributed by atoms with Gasteiger partial charge in [0.15, 0.2) is 0 Å². The average Bonchev–Trinajstić information content (AvgIpc) is 3.00. The van der Waals surface area contributed by atoms with Gasteiger partial charge in [0.2, 0.25) is 0 Å². The molecule has 0 saturated carbocycles. The SMILES string of the molecule is O=C(c1ccc(F)cc1F)N1CCC[C@@H](Cn2ccnc2)C1. The fourth-order valence-electron chi connectivity index (χ4n) is 2.92. The van der Waals surface area contributed by atoms with E-state index in [0.29, 0.717) is 19.0 Å². The maximum Gasteiger partial charge on any atom is 0.256 e. The van der Waals surface area contributed by atoms with Crippen LogP contribution in [0.4, 0.5) is 8.78 Å². The Hall–Kier alpha value is -2.24. The van der Waals surface area contributed by atoms with E-state index in [-0.39, 0.29) is 11.5 Å². The first-order valence-electron chi connectivity index (χ1n) is 7.33. The number of nitrogens with zero attached hydrogens (tertiary/aromatic N) is 3. The van der Waals surface area contributed by atoms with Gasteiger partial charge in [0.05, 0.1) is 11.9 Å². The third kappa shape index (κ3) is 3.16. The number of piperidine rings is 1. The molecule has 1 aromatic heterocycles. The van der Waals surface area contributed by atoms with E-state index in [9.17, 15) is 13.6 Å². The number of likely N-dealkylation sites (tertiary alicyclic amines) is 1. The summed E-state index contributed by atoms with van der Waals surface area (Å²) in [4.78, 5) is 18.1. The van der Waals surface area contributed by atoms with Crippen LogP contribution in [0.5, 0.6) is 0 Å². The molecular weight excluding hydrogens is 288 g/mol. The molecule has 3 rings (SSSR count). The van der Waals surface area contributed by atoms with Gasteiger partial charge in [0, 0.05) is 38.1 Å². The molecule has 0 N–H and O–H groups in total. The molecule has 1 saturated heterocycles. The summed E-state index contributed by atoms with van der Waals surface area (Å²) in [6, 6.07) is 3.08. The molecule has 1 aliphatic heterocycles. The van der Waals surface area contributed by atoms with Gasteiger partial charge >= 0.3 is 0 Å². The Morgan fingerprint density at radius 2 is 2.23 bits per heavy atom. The van der Waals surface area contributed by atoms with Gasteiger partial charge in [-0.25, -0.2) is 13.8 Å². The van der Waals surface area contributed by atoms with Crippen molar-refractivity contribution < 1.29 is 13.6 Å². The van der Waals surface area contributed by atoms with E-state index >= 15 is 0 Å². The van der Waals surface area contributed by atoms with Crippen LogP contribution >= 0.6 is 0 Å². The Balaban J connectivity index is 1.69. The van der Waals surface area contributed by atoms with E-state index in [4.69, 9.17) is 0 Å². The number of carbonyl (C=O) groups excluding carboxylic acids is 1. The van der Waals surface area contributed by atoms with Crippen molar-refractivity contribution in [2.75, 3.05) is 13.1 Å². The van der Waals surface area contributed by atoms with E-state index in [0.717, 1.165) is 31.5 Å². The highest BCUT2D eigenvalue weighted by atomic mass is 19.1. The van der Waals surface area contributed by atoms with Crippen molar-refractivity contribution in [1.82, 2.24) is 14.5 Å². The highest BCUT2D eigenvalue weighted by Crippen LogP contribution is 2.21. The molecular formula is C16H17F2N3O.